The zero-order valence-corrected chi connectivity index (χ0v) is 10.7. The Bertz CT molecular complexity index is 250. The molecule has 0 aromatic carbocycles. The van der Waals surface area contributed by atoms with E-state index in [1.54, 1.807) is 30.8 Å². The lowest BCUT2D eigenvalue weighted by Crippen LogP contribution is -2.32. The van der Waals surface area contributed by atoms with Crippen molar-refractivity contribution in [1.29, 1.82) is 0 Å². The predicted octanol–water partition coefficient (Wildman–Crippen LogP) is -0.512. The Morgan fingerprint density at radius 1 is 1.56 bits per heavy atom. The van der Waals surface area contributed by atoms with Crippen LogP contribution in [0, 0.1) is 5.92 Å². The summed E-state index contributed by atoms with van der Waals surface area (Å²) in [6.07, 6.45) is -0.899. The van der Waals surface area contributed by atoms with Gasteiger partial charge in [-0.05, 0) is 0 Å². The van der Waals surface area contributed by atoms with Gasteiger partial charge in [-0.1, -0.05) is 6.92 Å². The Morgan fingerprint density at radius 2 is 2.12 bits per heavy atom. The normalized spacial score (nSPS) is 27.3. The maximum absolute atomic E-state index is 11.5. The summed E-state index contributed by atoms with van der Waals surface area (Å²) in [5.41, 5.74) is 5.79. The molecule has 0 saturated carbocycles. The maximum atomic E-state index is 11.5. The van der Waals surface area contributed by atoms with Gasteiger partial charge in [0.15, 0.2) is 6.29 Å². The van der Waals surface area contributed by atoms with Crippen molar-refractivity contribution in [1.82, 2.24) is 4.90 Å². The molecule has 0 aliphatic carbocycles. The van der Waals surface area contributed by atoms with Crippen LogP contribution in [0.15, 0.2) is 0 Å². The Labute approximate surface area is 100 Å². The average molecular weight is 248 g/mol. The van der Waals surface area contributed by atoms with Crippen molar-refractivity contribution in [2.24, 2.45) is 11.7 Å². The first kappa shape index (κ1) is 13.8. The number of nitrogens with zero attached hydrogens (tertiary/aromatic N) is 1. The highest BCUT2D eigenvalue weighted by atomic mass is 32.2. The molecule has 0 spiro atoms. The lowest BCUT2D eigenvalue weighted by atomic mass is 10.2. The van der Waals surface area contributed by atoms with E-state index in [9.17, 15) is 4.79 Å². The fourth-order valence-corrected chi connectivity index (χ4v) is 2.51. The van der Waals surface area contributed by atoms with E-state index in [2.05, 4.69) is 0 Å². The van der Waals surface area contributed by atoms with E-state index in [-0.39, 0.29) is 24.0 Å². The number of aliphatic hydroxyl groups is 1. The van der Waals surface area contributed by atoms with Gasteiger partial charge in [0.1, 0.15) is 6.10 Å². The summed E-state index contributed by atoms with van der Waals surface area (Å²) in [4.78, 5) is 13.1. The quantitative estimate of drug-likeness (QED) is 0.619. The number of amides is 1. The van der Waals surface area contributed by atoms with E-state index >= 15 is 0 Å². The van der Waals surface area contributed by atoms with Gasteiger partial charge in [-0.2, -0.15) is 11.8 Å². The molecule has 4 atom stereocenters. The molecule has 0 aromatic rings. The van der Waals surface area contributed by atoms with Crippen LogP contribution in [-0.4, -0.2) is 60.0 Å². The average Bonchev–Trinajstić information content (AvgIpc) is 2.93. The standard InChI is InChI=1S/C10H20N2O3S/c1-6(9(13)12(2)3)4-16-5-7(11)8-10(14)15-8/h6-8,10,14H,4-5,11H2,1-3H3/t6-,7?,8?,10?/m1/s1. The molecule has 3 N–H and O–H groups in total. The predicted molar refractivity (Wildman–Crippen MR) is 64.0 cm³/mol. The lowest BCUT2D eigenvalue weighted by molar-refractivity contribution is -0.131. The largest absolute Gasteiger partial charge is 0.366 e. The molecular formula is C10H20N2O3S. The number of aliphatic hydroxyl groups excluding tert-OH is 1. The summed E-state index contributed by atoms with van der Waals surface area (Å²) >= 11 is 1.62. The number of hydrogen-bond acceptors (Lipinski definition) is 5. The SMILES string of the molecule is C[C@H](CSCC(N)C1OC1O)C(=O)N(C)C. The molecule has 1 aliphatic rings. The van der Waals surface area contributed by atoms with Crippen molar-refractivity contribution in [3.8, 4) is 0 Å². The molecule has 1 rings (SSSR count). The second-order valence-corrected chi connectivity index (χ2v) is 5.40. The molecule has 16 heavy (non-hydrogen) atoms. The van der Waals surface area contributed by atoms with Crippen molar-refractivity contribution in [2.45, 2.75) is 25.4 Å². The van der Waals surface area contributed by atoms with Crippen LogP contribution in [0.25, 0.3) is 0 Å². The van der Waals surface area contributed by atoms with Gasteiger partial charge in [-0.3, -0.25) is 4.79 Å². The first-order chi connectivity index (χ1) is 7.43. The Balaban J connectivity index is 2.12. The molecular weight excluding hydrogens is 228 g/mol. The minimum Gasteiger partial charge on any atom is -0.366 e. The van der Waals surface area contributed by atoms with Gasteiger partial charge in [0.05, 0.1) is 0 Å². The minimum atomic E-state index is -0.684. The van der Waals surface area contributed by atoms with Crippen molar-refractivity contribution in [3.63, 3.8) is 0 Å². The number of epoxide rings is 1. The second kappa shape index (κ2) is 5.86. The monoisotopic (exact) mass is 248 g/mol. The van der Waals surface area contributed by atoms with E-state index in [1.807, 2.05) is 6.92 Å². The summed E-state index contributed by atoms with van der Waals surface area (Å²) < 4.78 is 4.86. The smallest absolute Gasteiger partial charge is 0.225 e. The number of ether oxygens (including phenoxy) is 1. The van der Waals surface area contributed by atoms with Crippen molar-refractivity contribution >= 4 is 17.7 Å². The van der Waals surface area contributed by atoms with E-state index < -0.39 is 6.29 Å². The first-order valence-corrected chi connectivity index (χ1v) is 6.47. The third kappa shape index (κ3) is 3.93. The highest BCUT2D eigenvalue weighted by molar-refractivity contribution is 7.99. The Hall–Kier alpha value is -0.300. The second-order valence-electron chi connectivity index (χ2n) is 4.33. The van der Waals surface area contributed by atoms with Gasteiger partial charge < -0.3 is 20.5 Å². The number of carbonyl (C=O) groups is 1. The summed E-state index contributed by atoms with van der Waals surface area (Å²) in [6, 6.07) is -0.151. The summed E-state index contributed by atoms with van der Waals surface area (Å²) in [5, 5.41) is 8.99. The topological polar surface area (TPSA) is 79.1 Å². The molecule has 1 fully saturated rings. The zero-order valence-electron chi connectivity index (χ0n) is 9.92. The molecule has 0 bridgehead atoms. The van der Waals surface area contributed by atoms with Crippen LogP contribution in [0.4, 0.5) is 0 Å². The van der Waals surface area contributed by atoms with Crippen LogP contribution in [0.3, 0.4) is 0 Å². The molecule has 1 heterocycles. The number of nitrogens with two attached hydrogens (primary N) is 1. The van der Waals surface area contributed by atoms with Crippen LogP contribution in [0.1, 0.15) is 6.92 Å². The molecule has 0 radical (unpaired) electrons. The number of carbonyl (C=O) groups excluding carboxylic acids is 1. The number of rotatable bonds is 6. The van der Waals surface area contributed by atoms with E-state index in [4.69, 9.17) is 15.6 Å². The van der Waals surface area contributed by atoms with Crippen LogP contribution < -0.4 is 5.73 Å². The van der Waals surface area contributed by atoms with Crippen LogP contribution in [0.2, 0.25) is 0 Å². The van der Waals surface area contributed by atoms with Crippen LogP contribution >= 0.6 is 11.8 Å². The highest BCUT2D eigenvalue weighted by Gasteiger charge is 2.41. The third-order valence-corrected chi connectivity index (χ3v) is 3.82. The fraction of sp³-hybridized carbons (Fsp3) is 0.900. The fourth-order valence-electron chi connectivity index (χ4n) is 1.42. The van der Waals surface area contributed by atoms with E-state index in [1.165, 1.54) is 0 Å². The van der Waals surface area contributed by atoms with Gasteiger partial charge in [0, 0.05) is 37.6 Å². The van der Waals surface area contributed by atoms with Crippen LogP contribution in [0.5, 0.6) is 0 Å². The number of hydrogen-bond donors (Lipinski definition) is 2. The Kier molecular flexibility index (Phi) is 5.04. The van der Waals surface area contributed by atoms with Crippen molar-refractivity contribution in [2.75, 3.05) is 25.6 Å². The van der Waals surface area contributed by atoms with Gasteiger partial charge in [0.2, 0.25) is 5.91 Å². The molecule has 0 aromatic heterocycles. The van der Waals surface area contributed by atoms with Crippen molar-refractivity contribution < 1.29 is 14.6 Å². The minimum absolute atomic E-state index is 0.00255. The third-order valence-electron chi connectivity index (χ3n) is 2.46. The maximum Gasteiger partial charge on any atom is 0.225 e. The van der Waals surface area contributed by atoms with Gasteiger partial charge in [-0.15, -0.1) is 0 Å². The van der Waals surface area contributed by atoms with Gasteiger partial charge >= 0.3 is 0 Å². The number of thioether (sulfide) groups is 1. The van der Waals surface area contributed by atoms with Crippen molar-refractivity contribution in [3.05, 3.63) is 0 Å². The first-order valence-electron chi connectivity index (χ1n) is 5.31. The summed E-state index contributed by atoms with van der Waals surface area (Å²) in [5.74, 6) is 1.57. The highest BCUT2D eigenvalue weighted by Crippen LogP contribution is 2.24. The summed E-state index contributed by atoms with van der Waals surface area (Å²) in [6.45, 7) is 1.91. The molecule has 3 unspecified atom stereocenters. The molecule has 94 valence electrons. The molecule has 1 amide bonds. The lowest BCUT2D eigenvalue weighted by Gasteiger charge is -2.17. The van der Waals surface area contributed by atoms with Gasteiger partial charge in [0.25, 0.3) is 0 Å². The van der Waals surface area contributed by atoms with E-state index in [0.29, 0.717) is 5.75 Å². The van der Waals surface area contributed by atoms with Gasteiger partial charge in [-0.25, -0.2) is 0 Å². The van der Waals surface area contributed by atoms with Crippen LogP contribution in [-0.2, 0) is 9.53 Å². The molecule has 1 saturated heterocycles. The van der Waals surface area contributed by atoms with E-state index in [0.717, 1.165) is 5.75 Å². The molecule has 1 aliphatic heterocycles. The zero-order chi connectivity index (χ0) is 12.3. The summed E-state index contributed by atoms with van der Waals surface area (Å²) in [7, 11) is 3.51. The molecule has 6 heteroatoms. The Morgan fingerprint density at radius 3 is 2.56 bits per heavy atom. The molecule has 5 nitrogen and oxygen atoms in total.